The second-order valence-electron chi connectivity index (χ2n) is 4.32. The normalized spacial score (nSPS) is 20.2. The number of halogens is 1. The molecule has 1 unspecified atom stereocenters. The standard InChI is InChI=1S/C13H18ClNO/c14-13-3-1-2-12(8-13)9-15-6-4-11-5-7-16-10-11/h1-3,8,11,15H,4-7,9-10H2. The summed E-state index contributed by atoms with van der Waals surface area (Å²) in [6.07, 6.45) is 2.43. The Bertz CT molecular complexity index is 323. The molecule has 1 aliphatic rings. The Hall–Kier alpha value is -0.570. The van der Waals surface area contributed by atoms with Crippen molar-refractivity contribution in [2.75, 3.05) is 19.8 Å². The summed E-state index contributed by atoms with van der Waals surface area (Å²) in [5.41, 5.74) is 1.25. The van der Waals surface area contributed by atoms with E-state index in [0.717, 1.165) is 37.2 Å². The van der Waals surface area contributed by atoms with Crippen LogP contribution in [-0.4, -0.2) is 19.8 Å². The SMILES string of the molecule is Clc1cccc(CNCCC2CCOC2)c1. The van der Waals surface area contributed by atoms with Crippen LogP contribution in [-0.2, 0) is 11.3 Å². The van der Waals surface area contributed by atoms with Crippen LogP contribution < -0.4 is 5.32 Å². The minimum absolute atomic E-state index is 0.756. The molecule has 0 aliphatic carbocycles. The average Bonchev–Trinajstić information content (AvgIpc) is 2.77. The highest BCUT2D eigenvalue weighted by Crippen LogP contribution is 2.15. The van der Waals surface area contributed by atoms with E-state index >= 15 is 0 Å². The van der Waals surface area contributed by atoms with Gasteiger partial charge in [0.25, 0.3) is 0 Å². The molecular weight excluding hydrogens is 222 g/mol. The molecule has 0 spiro atoms. The topological polar surface area (TPSA) is 21.3 Å². The van der Waals surface area contributed by atoms with Crippen LogP contribution in [0.25, 0.3) is 0 Å². The summed E-state index contributed by atoms with van der Waals surface area (Å²) >= 11 is 5.92. The van der Waals surface area contributed by atoms with Crippen LogP contribution in [0.3, 0.4) is 0 Å². The van der Waals surface area contributed by atoms with E-state index in [-0.39, 0.29) is 0 Å². The van der Waals surface area contributed by atoms with Gasteiger partial charge in [0.05, 0.1) is 0 Å². The molecule has 0 aromatic heterocycles. The van der Waals surface area contributed by atoms with Crippen molar-refractivity contribution < 1.29 is 4.74 Å². The third-order valence-electron chi connectivity index (χ3n) is 2.97. The molecule has 88 valence electrons. The van der Waals surface area contributed by atoms with Gasteiger partial charge in [-0.05, 0) is 43.0 Å². The van der Waals surface area contributed by atoms with Gasteiger partial charge in [-0.2, -0.15) is 0 Å². The molecule has 0 saturated carbocycles. The van der Waals surface area contributed by atoms with Gasteiger partial charge in [-0.1, -0.05) is 23.7 Å². The first-order valence-corrected chi connectivity index (χ1v) is 6.25. The quantitative estimate of drug-likeness (QED) is 0.798. The van der Waals surface area contributed by atoms with Crippen molar-refractivity contribution >= 4 is 11.6 Å². The second-order valence-corrected chi connectivity index (χ2v) is 4.76. The smallest absolute Gasteiger partial charge is 0.0495 e. The Morgan fingerprint density at radius 2 is 2.38 bits per heavy atom. The molecule has 1 aromatic carbocycles. The molecule has 0 amide bonds. The molecular formula is C13H18ClNO. The third-order valence-corrected chi connectivity index (χ3v) is 3.21. The van der Waals surface area contributed by atoms with Gasteiger partial charge in [0.1, 0.15) is 0 Å². The summed E-state index contributed by atoms with van der Waals surface area (Å²) in [4.78, 5) is 0. The van der Waals surface area contributed by atoms with E-state index in [1.54, 1.807) is 0 Å². The highest BCUT2D eigenvalue weighted by atomic mass is 35.5. The number of ether oxygens (including phenoxy) is 1. The Kier molecular flexibility index (Phi) is 4.64. The fourth-order valence-electron chi connectivity index (χ4n) is 2.00. The molecule has 1 heterocycles. The Morgan fingerprint density at radius 1 is 1.44 bits per heavy atom. The first-order chi connectivity index (χ1) is 7.84. The third kappa shape index (κ3) is 3.78. The number of hydrogen-bond donors (Lipinski definition) is 1. The largest absolute Gasteiger partial charge is 0.381 e. The Labute approximate surface area is 102 Å². The van der Waals surface area contributed by atoms with E-state index in [1.165, 1.54) is 18.4 Å². The van der Waals surface area contributed by atoms with E-state index in [0.29, 0.717) is 0 Å². The minimum Gasteiger partial charge on any atom is -0.381 e. The van der Waals surface area contributed by atoms with Crippen LogP contribution in [0.2, 0.25) is 5.02 Å². The van der Waals surface area contributed by atoms with Crippen molar-refractivity contribution in [2.45, 2.75) is 19.4 Å². The first kappa shape index (κ1) is 11.9. The van der Waals surface area contributed by atoms with E-state index in [9.17, 15) is 0 Å². The van der Waals surface area contributed by atoms with E-state index < -0.39 is 0 Å². The zero-order valence-corrected chi connectivity index (χ0v) is 10.2. The zero-order chi connectivity index (χ0) is 11.2. The van der Waals surface area contributed by atoms with Gasteiger partial charge in [0.2, 0.25) is 0 Å². The van der Waals surface area contributed by atoms with Gasteiger partial charge < -0.3 is 10.1 Å². The maximum atomic E-state index is 5.92. The lowest BCUT2D eigenvalue weighted by molar-refractivity contribution is 0.184. The summed E-state index contributed by atoms with van der Waals surface area (Å²) in [7, 11) is 0. The predicted octanol–water partition coefficient (Wildman–Crippen LogP) is 2.86. The molecule has 1 N–H and O–H groups in total. The first-order valence-electron chi connectivity index (χ1n) is 5.87. The molecule has 1 fully saturated rings. The predicted molar refractivity (Wildman–Crippen MR) is 66.7 cm³/mol. The molecule has 1 aromatic rings. The molecule has 16 heavy (non-hydrogen) atoms. The number of benzene rings is 1. The summed E-state index contributed by atoms with van der Waals surface area (Å²) < 4.78 is 5.34. The summed E-state index contributed by atoms with van der Waals surface area (Å²) in [6.45, 7) is 3.84. The van der Waals surface area contributed by atoms with Gasteiger partial charge in [-0.15, -0.1) is 0 Å². The van der Waals surface area contributed by atoms with Crippen molar-refractivity contribution in [3.05, 3.63) is 34.9 Å². The summed E-state index contributed by atoms with van der Waals surface area (Å²) in [5.74, 6) is 0.756. The van der Waals surface area contributed by atoms with Gasteiger partial charge in [-0.25, -0.2) is 0 Å². The lowest BCUT2D eigenvalue weighted by Gasteiger charge is -2.08. The van der Waals surface area contributed by atoms with Gasteiger partial charge >= 0.3 is 0 Å². The minimum atomic E-state index is 0.756. The van der Waals surface area contributed by atoms with Crippen LogP contribution >= 0.6 is 11.6 Å². The Balaban J connectivity index is 1.64. The molecule has 2 rings (SSSR count). The second kappa shape index (κ2) is 6.24. The van der Waals surface area contributed by atoms with Crippen molar-refractivity contribution in [2.24, 2.45) is 5.92 Å². The fourth-order valence-corrected chi connectivity index (χ4v) is 2.21. The van der Waals surface area contributed by atoms with Crippen molar-refractivity contribution in [3.63, 3.8) is 0 Å². The average molecular weight is 240 g/mol. The molecule has 1 aliphatic heterocycles. The summed E-state index contributed by atoms with van der Waals surface area (Å²) in [5, 5.41) is 4.25. The van der Waals surface area contributed by atoms with Crippen molar-refractivity contribution in [1.29, 1.82) is 0 Å². The lowest BCUT2D eigenvalue weighted by atomic mass is 10.1. The van der Waals surface area contributed by atoms with Gasteiger partial charge in [0, 0.05) is 24.8 Å². The van der Waals surface area contributed by atoms with Crippen LogP contribution in [0.4, 0.5) is 0 Å². The van der Waals surface area contributed by atoms with E-state index in [2.05, 4.69) is 11.4 Å². The van der Waals surface area contributed by atoms with Crippen LogP contribution in [0.1, 0.15) is 18.4 Å². The molecule has 1 saturated heterocycles. The molecule has 2 nitrogen and oxygen atoms in total. The van der Waals surface area contributed by atoms with Crippen LogP contribution in [0, 0.1) is 5.92 Å². The maximum Gasteiger partial charge on any atom is 0.0495 e. The molecule has 0 bridgehead atoms. The zero-order valence-electron chi connectivity index (χ0n) is 9.42. The van der Waals surface area contributed by atoms with Crippen molar-refractivity contribution in [1.82, 2.24) is 5.32 Å². The lowest BCUT2D eigenvalue weighted by Crippen LogP contribution is -2.17. The highest BCUT2D eigenvalue weighted by Gasteiger charge is 2.14. The number of nitrogens with one attached hydrogen (secondary N) is 1. The van der Waals surface area contributed by atoms with E-state index in [1.807, 2.05) is 18.2 Å². The van der Waals surface area contributed by atoms with Crippen molar-refractivity contribution in [3.8, 4) is 0 Å². The van der Waals surface area contributed by atoms with Gasteiger partial charge in [0.15, 0.2) is 0 Å². The van der Waals surface area contributed by atoms with Crippen LogP contribution in [0.5, 0.6) is 0 Å². The number of hydrogen-bond acceptors (Lipinski definition) is 2. The fraction of sp³-hybridized carbons (Fsp3) is 0.538. The highest BCUT2D eigenvalue weighted by molar-refractivity contribution is 6.30. The van der Waals surface area contributed by atoms with Gasteiger partial charge in [-0.3, -0.25) is 0 Å². The van der Waals surface area contributed by atoms with Crippen LogP contribution in [0.15, 0.2) is 24.3 Å². The van der Waals surface area contributed by atoms with E-state index in [4.69, 9.17) is 16.3 Å². The molecule has 1 atom stereocenters. The molecule has 3 heteroatoms. The Morgan fingerprint density at radius 3 is 3.12 bits per heavy atom. The maximum absolute atomic E-state index is 5.92. The molecule has 0 radical (unpaired) electrons. The number of rotatable bonds is 5. The summed E-state index contributed by atoms with van der Waals surface area (Å²) in [6, 6.07) is 8.00. The monoisotopic (exact) mass is 239 g/mol.